The van der Waals surface area contributed by atoms with E-state index in [4.69, 9.17) is 4.74 Å². The molecular weight excluding hydrogens is 159 g/mol. The Hall–Kier alpha value is -0.100. The summed E-state index contributed by atoms with van der Waals surface area (Å²) in [5, 5.41) is 0. The fourth-order valence-corrected chi connectivity index (χ4v) is 0.431. The molecule has 0 fully saturated rings. The van der Waals surface area contributed by atoms with Gasteiger partial charge in [-0.15, -0.1) is 8.58 Å². The van der Waals surface area contributed by atoms with Gasteiger partial charge in [-0.25, -0.2) is 0 Å². The first-order chi connectivity index (χ1) is 4.83. The van der Waals surface area contributed by atoms with Crippen molar-refractivity contribution >= 4 is 14.6 Å². The van der Waals surface area contributed by atoms with E-state index in [1.165, 1.54) is 6.92 Å². The van der Waals surface area contributed by atoms with Crippen LogP contribution in [0.15, 0.2) is 0 Å². The van der Waals surface area contributed by atoms with Crippen LogP contribution in [0.2, 0.25) is 0 Å². The fourth-order valence-electron chi connectivity index (χ4n) is 0.431. The maximum atomic E-state index is 10.2. The van der Waals surface area contributed by atoms with Crippen molar-refractivity contribution in [3.63, 3.8) is 0 Å². The Morgan fingerprint density at radius 3 is 1.55 bits per heavy atom. The average molecular weight is 178 g/mol. The summed E-state index contributed by atoms with van der Waals surface area (Å²) < 4.78 is 4.80. The van der Waals surface area contributed by atoms with Crippen molar-refractivity contribution in [1.29, 1.82) is 0 Å². The number of carbonyl (C=O) groups excluding carboxylic acids is 1. The second-order valence-electron chi connectivity index (χ2n) is 3.21. The van der Waals surface area contributed by atoms with Crippen molar-refractivity contribution in [2.75, 3.05) is 13.3 Å². The molecule has 0 N–H and O–H groups in total. The van der Waals surface area contributed by atoms with Gasteiger partial charge in [0.2, 0.25) is 0 Å². The molecule has 0 saturated carbocycles. The number of esters is 1. The Morgan fingerprint density at radius 1 is 1.27 bits per heavy atom. The molecule has 0 amide bonds. The van der Waals surface area contributed by atoms with Crippen molar-refractivity contribution in [2.24, 2.45) is 0 Å². The van der Waals surface area contributed by atoms with Crippen LogP contribution in [0, 0.1) is 0 Å². The first kappa shape index (κ1) is 13.5. The van der Waals surface area contributed by atoms with Crippen LogP contribution in [0.4, 0.5) is 0 Å². The van der Waals surface area contributed by atoms with Gasteiger partial charge in [-0.2, -0.15) is 0 Å². The molecule has 68 valence electrons. The zero-order chi connectivity index (χ0) is 9.49. The molecular formula is C8H19O2P. The van der Waals surface area contributed by atoms with E-state index in [1.807, 2.05) is 20.8 Å². The number of hydrogen-bond acceptors (Lipinski definition) is 2. The lowest BCUT2D eigenvalue weighted by molar-refractivity contribution is -0.151. The highest BCUT2D eigenvalue weighted by Gasteiger charge is 2.11. The predicted molar refractivity (Wildman–Crippen MR) is 51.7 cm³/mol. The minimum atomic E-state index is -0.328. The minimum Gasteiger partial charge on any atom is -0.460 e. The van der Waals surface area contributed by atoms with Gasteiger partial charge in [-0.1, -0.05) is 0 Å². The van der Waals surface area contributed by atoms with Gasteiger partial charge < -0.3 is 4.74 Å². The molecule has 0 radical (unpaired) electrons. The third-order valence-corrected chi connectivity index (χ3v) is 0.450. The van der Waals surface area contributed by atoms with Crippen LogP contribution >= 0.6 is 8.58 Å². The van der Waals surface area contributed by atoms with E-state index in [2.05, 4.69) is 13.3 Å². The van der Waals surface area contributed by atoms with Crippen LogP contribution in [0.5, 0.6) is 0 Å². The minimum absolute atomic E-state index is 0.225. The van der Waals surface area contributed by atoms with Gasteiger partial charge in [0.1, 0.15) is 5.60 Å². The number of ether oxygens (including phenoxy) is 1. The van der Waals surface area contributed by atoms with Crippen molar-refractivity contribution in [3.05, 3.63) is 0 Å². The second kappa shape index (κ2) is 6.60. The molecule has 0 aliphatic rings. The standard InChI is InChI=1S/C6H12O2.C2H7P/c1-5(7)8-6(2,3)4;1-3-2/h1-4H3;3H,1-2H3. The van der Waals surface area contributed by atoms with E-state index in [0.29, 0.717) is 0 Å². The molecule has 0 aliphatic heterocycles. The monoisotopic (exact) mass is 178 g/mol. The van der Waals surface area contributed by atoms with Crippen LogP contribution in [-0.4, -0.2) is 24.9 Å². The molecule has 0 atom stereocenters. The highest BCUT2D eigenvalue weighted by molar-refractivity contribution is 7.35. The Bertz CT molecular complexity index is 105. The van der Waals surface area contributed by atoms with E-state index < -0.39 is 0 Å². The summed E-state index contributed by atoms with van der Waals surface area (Å²) in [6.07, 6.45) is 0. The Morgan fingerprint density at radius 2 is 1.55 bits per heavy atom. The van der Waals surface area contributed by atoms with Gasteiger partial charge in [0.25, 0.3) is 0 Å². The van der Waals surface area contributed by atoms with Crippen LogP contribution < -0.4 is 0 Å². The van der Waals surface area contributed by atoms with Gasteiger partial charge in [0, 0.05) is 6.92 Å². The van der Waals surface area contributed by atoms with Crippen LogP contribution in [0.1, 0.15) is 27.7 Å². The number of hydrogen-bond donors (Lipinski definition) is 0. The molecule has 0 aromatic carbocycles. The number of rotatable bonds is 0. The maximum Gasteiger partial charge on any atom is 0.303 e. The highest BCUT2D eigenvalue weighted by atomic mass is 31.1. The Balaban J connectivity index is 0. The van der Waals surface area contributed by atoms with E-state index in [9.17, 15) is 4.79 Å². The molecule has 0 heterocycles. The molecule has 2 nitrogen and oxygen atoms in total. The predicted octanol–water partition coefficient (Wildman–Crippen LogP) is 2.27. The summed E-state index contributed by atoms with van der Waals surface area (Å²) in [5.74, 6) is -0.225. The lowest BCUT2D eigenvalue weighted by atomic mass is 10.2. The van der Waals surface area contributed by atoms with Crippen molar-refractivity contribution in [2.45, 2.75) is 33.3 Å². The Labute approximate surface area is 71.5 Å². The summed E-state index contributed by atoms with van der Waals surface area (Å²) in [6, 6.07) is 0. The summed E-state index contributed by atoms with van der Waals surface area (Å²) in [7, 11) is 1.08. The van der Waals surface area contributed by atoms with Crippen molar-refractivity contribution in [3.8, 4) is 0 Å². The SMILES string of the molecule is CC(=O)OC(C)(C)C.CPC. The van der Waals surface area contributed by atoms with E-state index in [-0.39, 0.29) is 11.6 Å². The Kier molecular flexibility index (Phi) is 8.09. The van der Waals surface area contributed by atoms with Gasteiger partial charge in [-0.3, -0.25) is 4.79 Å². The summed E-state index contributed by atoms with van der Waals surface area (Å²) in [6.45, 7) is 11.2. The van der Waals surface area contributed by atoms with Gasteiger partial charge in [0.15, 0.2) is 0 Å². The molecule has 0 spiro atoms. The van der Waals surface area contributed by atoms with Crippen molar-refractivity contribution < 1.29 is 9.53 Å². The molecule has 0 rings (SSSR count). The van der Waals surface area contributed by atoms with Gasteiger partial charge >= 0.3 is 5.97 Å². The fraction of sp³-hybridized carbons (Fsp3) is 0.875. The molecule has 0 aromatic rings. The second-order valence-corrected chi connectivity index (χ2v) is 4.21. The molecule has 0 aliphatic carbocycles. The molecule has 0 aromatic heterocycles. The largest absolute Gasteiger partial charge is 0.460 e. The molecule has 0 unspecified atom stereocenters. The first-order valence-electron chi connectivity index (χ1n) is 3.61. The average Bonchev–Trinajstić information content (AvgIpc) is 1.57. The maximum absolute atomic E-state index is 10.2. The zero-order valence-corrected chi connectivity index (χ0v) is 9.32. The lowest BCUT2D eigenvalue weighted by Gasteiger charge is -2.17. The third-order valence-electron chi connectivity index (χ3n) is 0.450. The number of carbonyl (C=O) groups is 1. The van der Waals surface area contributed by atoms with Crippen LogP contribution in [-0.2, 0) is 9.53 Å². The van der Waals surface area contributed by atoms with E-state index in [0.717, 1.165) is 8.58 Å². The molecule has 0 bridgehead atoms. The van der Waals surface area contributed by atoms with Gasteiger partial charge in [0.05, 0.1) is 0 Å². The van der Waals surface area contributed by atoms with E-state index in [1.54, 1.807) is 0 Å². The van der Waals surface area contributed by atoms with Crippen LogP contribution in [0.3, 0.4) is 0 Å². The van der Waals surface area contributed by atoms with Crippen molar-refractivity contribution in [1.82, 2.24) is 0 Å². The summed E-state index contributed by atoms with van der Waals surface area (Å²) in [5.41, 5.74) is -0.328. The highest BCUT2D eigenvalue weighted by Crippen LogP contribution is 2.05. The molecule has 3 heteroatoms. The van der Waals surface area contributed by atoms with Gasteiger partial charge in [-0.05, 0) is 34.1 Å². The molecule has 11 heavy (non-hydrogen) atoms. The van der Waals surface area contributed by atoms with E-state index >= 15 is 0 Å². The first-order valence-corrected chi connectivity index (χ1v) is 5.61. The smallest absolute Gasteiger partial charge is 0.303 e. The third kappa shape index (κ3) is 25.7. The zero-order valence-electron chi connectivity index (χ0n) is 8.32. The lowest BCUT2D eigenvalue weighted by Crippen LogP contribution is -2.21. The topological polar surface area (TPSA) is 26.3 Å². The normalized spacial score (nSPS) is 9.64. The molecule has 0 saturated heterocycles. The summed E-state index contributed by atoms with van der Waals surface area (Å²) in [4.78, 5) is 10.2. The summed E-state index contributed by atoms with van der Waals surface area (Å²) >= 11 is 0. The quantitative estimate of drug-likeness (QED) is 0.420. The van der Waals surface area contributed by atoms with Crippen LogP contribution in [0.25, 0.3) is 0 Å².